The molecule has 0 aromatic heterocycles. The predicted molar refractivity (Wildman–Crippen MR) is 63.8 cm³/mol. The lowest BCUT2D eigenvalue weighted by Gasteiger charge is -2.28. The molecule has 1 aliphatic rings. The lowest BCUT2D eigenvalue weighted by Crippen LogP contribution is -2.36. The fourth-order valence-electron chi connectivity index (χ4n) is 2.64. The second kappa shape index (κ2) is 5.11. The van der Waals surface area contributed by atoms with Crippen molar-refractivity contribution in [2.75, 3.05) is 19.6 Å². The fraction of sp³-hybridized carbons (Fsp3) is 0.923. The third-order valence-corrected chi connectivity index (χ3v) is 3.75. The second-order valence-corrected chi connectivity index (χ2v) is 5.67. The van der Waals surface area contributed by atoms with Crippen LogP contribution in [0.3, 0.4) is 0 Å². The Morgan fingerprint density at radius 3 is 2.27 bits per heavy atom. The van der Waals surface area contributed by atoms with Crippen molar-refractivity contribution >= 4 is 6.29 Å². The van der Waals surface area contributed by atoms with Gasteiger partial charge in [-0.05, 0) is 18.3 Å². The molecule has 0 aromatic rings. The molecule has 0 aliphatic carbocycles. The Morgan fingerprint density at radius 2 is 1.87 bits per heavy atom. The van der Waals surface area contributed by atoms with Crippen LogP contribution in [0.25, 0.3) is 0 Å². The van der Waals surface area contributed by atoms with E-state index in [0.717, 1.165) is 50.6 Å². The Kier molecular flexibility index (Phi) is 4.32. The van der Waals surface area contributed by atoms with Gasteiger partial charge in [0.1, 0.15) is 6.29 Å². The zero-order chi connectivity index (χ0) is 11.5. The molecule has 15 heavy (non-hydrogen) atoms. The van der Waals surface area contributed by atoms with Gasteiger partial charge in [0.2, 0.25) is 0 Å². The Morgan fingerprint density at radius 1 is 1.33 bits per heavy atom. The minimum Gasteiger partial charge on any atom is -0.303 e. The van der Waals surface area contributed by atoms with E-state index in [1.165, 1.54) is 0 Å². The first-order chi connectivity index (χ1) is 7.00. The molecule has 0 bridgehead atoms. The molecule has 3 atom stereocenters. The van der Waals surface area contributed by atoms with E-state index in [9.17, 15) is 4.79 Å². The van der Waals surface area contributed by atoms with Crippen molar-refractivity contribution in [3.63, 3.8) is 0 Å². The summed E-state index contributed by atoms with van der Waals surface area (Å²) >= 11 is 0. The molecule has 0 radical (unpaired) electrons. The fourth-order valence-corrected chi connectivity index (χ4v) is 2.64. The third kappa shape index (κ3) is 3.30. The normalized spacial score (nSPS) is 31.5. The average molecular weight is 211 g/mol. The van der Waals surface area contributed by atoms with Gasteiger partial charge in [-0.1, -0.05) is 34.1 Å². The van der Waals surface area contributed by atoms with Crippen molar-refractivity contribution < 1.29 is 4.79 Å². The summed E-state index contributed by atoms with van der Waals surface area (Å²) in [7, 11) is 0. The summed E-state index contributed by atoms with van der Waals surface area (Å²) in [4.78, 5) is 13.6. The van der Waals surface area contributed by atoms with Crippen LogP contribution < -0.4 is 0 Å². The number of hydrogen-bond acceptors (Lipinski definition) is 2. The maximum atomic E-state index is 11.1. The quantitative estimate of drug-likeness (QED) is 0.651. The summed E-state index contributed by atoms with van der Waals surface area (Å²) in [6.07, 6.45) is 3.26. The van der Waals surface area contributed by atoms with Gasteiger partial charge in [-0.2, -0.15) is 0 Å². The van der Waals surface area contributed by atoms with Crippen molar-refractivity contribution in [2.24, 2.45) is 17.3 Å². The SMILES string of the molecule is CCCC(C)(C=O)CN1CC(C)C(C)C1. The molecule has 1 heterocycles. The summed E-state index contributed by atoms with van der Waals surface area (Å²) in [5.41, 5.74) is -0.126. The molecule has 1 saturated heterocycles. The molecular formula is C13H25NO. The molecule has 0 aromatic carbocycles. The van der Waals surface area contributed by atoms with Crippen molar-refractivity contribution in [1.82, 2.24) is 4.90 Å². The number of carbonyl (C=O) groups is 1. The lowest BCUT2D eigenvalue weighted by atomic mass is 9.87. The number of hydrogen-bond donors (Lipinski definition) is 0. The standard InChI is InChI=1S/C13H25NO/c1-5-6-13(4,10-15)9-14-7-11(2)12(3)8-14/h10-12H,5-9H2,1-4H3. The average Bonchev–Trinajstić information content (AvgIpc) is 2.46. The van der Waals surface area contributed by atoms with Gasteiger partial charge in [-0.15, -0.1) is 0 Å². The molecule has 2 nitrogen and oxygen atoms in total. The Labute approximate surface area is 94.0 Å². The number of rotatable bonds is 5. The minimum atomic E-state index is -0.126. The lowest BCUT2D eigenvalue weighted by molar-refractivity contribution is -0.116. The zero-order valence-corrected chi connectivity index (χ0v) is 10.6. The van der Waals surface area contributed by atoms with Gasteiger partial charge in [-0.25, -0.2) is 0 Å². The van der Waals surface area contributed by atoms with E-state index in [1.807, 2.05) is 0 Å². The van der Waals surface area contributed by atoms with E-state index >= 15 is 0 Å². The van der Waals surface area contributed by atoms with Crippen molar-refractivity contribution in [3.05, 3.63) is 0 Å². The molecule has 1 aliphatic heterocycles. The second-order valence-electron chi connectivity index (χ2n) is 5.67. The van der Waals surface area contributed by atoms with E-state index in [2.05, 4.69) is 32.6 Å². The highest BCUT2D eigenvalue weighted by atomic mass is 16.1. The molecule has 3 unspecified atom stereocenters. The van der Waals surface area contributed by atoms with E-state index in [-0.39, 0.29) is 5.41 Å². The van der Waals surface area contributed by atoms with Gasteiger partial charge in [0.25, 0.3) is 0 Å². The smallest absolute Gasteiger partial charge is 0.127 e. The summed E-state index contributed by atoms with van der Waals surface area (Å²) in [5, 5.41) is 0. The number of aldehydes is 1. The van der Waals surface area contributed by atoms with Gasteiger partial charge >= 0.3 is 0 Å². The van der Waals surface area contributed by atoms with E-state index in [1.54, 1.807) is 0 Å². The molecule has 2 heteroatoms. The molecule has 0 spiro atoms. The Hall–Kier alpha value is -0.370. The highest BCUT2D eigenvalue weighted by Gasteiger charge is 2.32. The monoisotopic (exact) mass is 211 g/mol. The molecule has 1 fully saturated rings. The van der Waals surface area contributed by atoms with Gasteiger partial charge in [0.15, 0.2) is 0 Å². The van der Waals surface area contributed by atoms with Crippen LogP contribution >= 0.6 is 0 Å². The number of likely N-dealkylation sites (tertiary alicyclic amines) is 1. The first-order valence-electron chi connectivity index (χ1n) is 6.19. The van der Waals surface area contributed by atoms with Gasteiger partial charge in [-0.3, -0.25) is 0 Å². The first-order valence-corrected chi connectivity index (χ1v) is 6.19. The Balaban J connectivity index is 2.49. The van der Waals surface area contributed by atoms with Crippen molar-refractivity contribution in [3.8, 4) is 0 Å². The predicted octanol–water partition coefficient (Wildman–Crippen LogP) is 2.58. The van der Waals surface area contributed by atoms with Crippen molar-refractivity contribution in [2.45, 2.75) is 40.5 Å². The highest BCUT2D eigenvalue weighted by Crippen LogP contribution is 2.28. The summed E-state index contributed by atoms with van der Waals surface area (Å²) < 4.78 is 0. The summed E-state index contributed by atoms with van der Waals surface area (Å²) in [6.45, 7) is 12.1. The maximum Gasteiger partial charge on any atom is 0.127 e. The van der Waals surface area contributed by atoms with Crippen LogP contribution in [0.4, 0.5) is 0 Å². The largest absolute Gasteiger partial charge is 0.303 e. The van der Waals surface area contributed by atoms with Crippen molar-refractivity contribution in [1.29, 1.82) is 0 Å². The van der Waals surface area contributed by atoms with Crippen LogP contribution in [0.2, 0.25) is 0 Å². The topological polar surface area (TPSA) is 20.3 Å². The van der Waals surface area contributed by atoms with Crippen LogP contribution in [0, 0.1) is 17.3 Å². The molecule has 88 valence electrons. The maximum absolute atomic E-state index is 11.1. The molecule has 1 rings (SSSR count). The van der Waals surface area contributed by atoms with Crippen LogP contribution in [0.15, 0.2) is 0 Å². The number of carbonyl (C=O) groups excluding carboxylic acids is 1. The number of nitrogens with zero attached hydrogens (tertiary/aromatic N) is 1. The van der Waals surface area contributed by atoms with E-state index < -0.39 is 0 Å². The first kappa shape index (κ1) is 12.7. The minimum absolute atomic E-state index is 0.126. The molecular weight excluding hydrogens is 186 g/mol. The van der Waals surface area contributed by atoms with Crippen LogP contribution in [0.5, 0.6) is 0 Å². The zero-order valence-electron chi connectivity index (χ0n) is 10.6. The molecule has 0 N–H and O–H groups in total. The molecule has 0 saturated carbocycles. The van der Waals surface area contributed by atoms with E-state index in [4.69, 9.17) is 0 Å². The van der Waals surface area contributed by atoms with E-state index in [0.29, 0.717) is 0 Å². The van der Waals surface area contributed by atoms with Gasteiger partial charge < -0.3 is 9.69 Å². The van der Waals surface area contributed by atoms with Crippen LogP contribution in [-0.4, -0.2) is 30.8 Å². The van der Waals surface area contributed by atoms with Gasteiger partial charge in [0, 0.05) is 25.0 Å². The third-order valence-electron chi connectivity index (χ3n) is 3.75. The highest BCUT2D eigenvalue weighted by molar-refractivity contribution is 5.59. The van der Waals surface area contributed by atoms with Gasteiger partial charge in [0.05, 0.1) is 0 Å². The molecule has 0 amide bonds. The summed E-state index contributed by atoms with van der Waals surface area (Å²) in [6, 6.07) is 0. The van der Waals surface area contributed by atoms with Crippen LogP contribution in [-0.2, 0) is 4.79 Å². The Bertz CT molecular complexity index is 207. The van der Waals surface area contributed by atoms with Crippen LogP contribution in [0.1, 0.15) is 40.5 Å². The summed E-state index contributed by atoms with van der Waals surface area (Å²) in [5.74, 6) is 1.56.